The molecule has 17 heavy (non-hydrogen) atoms. The molecular weight excluding hydrogens is 232 g/mol. The zero-order chi connectivity index (χ0) is 12.3. The Morgan fingerprint density at radius 2 is 1.82 bits per heavy atom. The predicted molar refractivity (Wildman–Crippen MR) is 71.7 cm³/mol. The van der Waals surface area contributed by atoms with Crippen molar-refractivity contribution in [2.75, 3.05) is 0 Å². The summed E-state index contributed by atoms with van der Waals surface area (Å²) in [5.41, 5.74) is 3.40. The Balaban J connectivity index is 2.13. The van der Waals surface area contributed by atoms with Crippen molar-refractivity contribution < 1.29 is 4.74 Å². The zero-order valence-corrected chi connectivity index (χ0v) is 10.8. The number of hydrogen-bond donors (Lipinski definition) is 0. The molecule has 0 bridgehead atoms. The molecular formula is C15H15ClO. The van der Waals surface area contributed by atoms with Crippen LogP contribution >= 0.6 is 11.6 Å². The molecule has 0 amide bonds. The Morgan fingerprint density at radius 3 is 2.53 bits per heavy atom. The molecule has 0 atom stereocenters. The van der Waals surface area contributed by atoms with Gasteiger partial charge in [-0.1, -0.05) is 35.9 Å². The monoisotopic (exact) mass is 246 g/mol. The highest BCUT2D eigenvalue weighted by Gasteiger charge is 2.04. The molecule has 0 N–H and O–H groups in total. The van der Waals surface area contributed by atoms with Gasteiger partial charge in [-0.2, -0.15) is 0 Å². The molecule has 1 nitrogen and oxygen atoms in total. The van der Waals surface area contributed by atoms with Crippen LogP contribution in [0.25, 0.3) is 0 Å². The maximum atomic E-state index is 6.15. The highest BCUT2D eigenvalue weighted by atomic mass is 35.5. The van der Waals surface area contributed by atoms with Crippen LogP contribution in [-0.2, 0) is 6.61 Å². The lowest BCUT2D eigenvalue weighted by Gasteiger charge is -2.10. The fourth-order valence-electron chi connectivity index (χ4n) is 1.71. The van der Waals surface area contributed by atoms with E-state index in [0.29, 0.717) is 6.61 Å². The van der Waals surface area contributed by atoms with Crippen molar-refractivity contribution in [2.24, 2.45) is 0 Å². The van der Waals surface area contributed by atoms with Crippen LogP contribution in [0, 0.1) is 13.8 Å². The van der Waals surface area contributed by atoms with Crippen LogP contribution in [-0.4, -0.2) is 0 Å². The lowest BCUT2D eigenvalue weighted by molar-refractivity contribution is 0.305. The molecule has 88 valence electrons. The van der Waals surface area contributed by atoms with Crippen molar-refractivity contribution >= 4 is 11.6 Å². The Labute approximate surface area is 107 Å². The number of ether oxygens (including phenoxy) is 1. The van der Waals surface area contributed by atoms with E-state index in [0.717, 1.165) is 21.9 Å². The predicted octanol–water partition coefficient (Wildman–Crippen LogP) is 4.54. The van der Waals surface area contributed by atoms with E-state index in [1.165, 1.54) is 5.56 Å². The van der Waals surface area contributed by atoms with Crippen LogP contribution < -0.4 is 4.74 Å². The van der Waals surface area contributed by atoms with E-state index in [9.17, 15) is 0 Å². The number of hydrogen-bond acceptors (Lipinski definition) is 1. The van der Waals surface area contributed by atoms with Crippen LogP contribution in [0.3, 0.4) is 0 Å². The van der Waals surface area contributed by atoms with E-state index in [1.807, 2.05) is 56.3 Å². The number of benzene rings is 2. The minimum absolute atomic E-state index is 0.509. The Bertz CT molecular complexity index is 500. The van der Waals surface area contributed by atoms with Gasteiger partial charge in [0.1, 0.15) is 12.4 Å². The van der Waals surface area contributed by atoms with E-state index >= 15 is 0 Å². The standard InChI is InChI=1S/C15H15ClO/c1-11-5-3-7-13(9-11)17-10-14-12(2)6-4-8-15(14)16/h3-9H,10H2,1-2H3. The molecule has 0 aliphatic rings. The fourth-order valence-corrected chi connectivity index (χ4v) is 1.99. The fraction of sp³-hybridized carbons (Fsp3) is 0.200. The minimum atomic E-state index is 0.509. The molecule has 2 rings (SSSR count). The molecule has 0 radical (unpaired) electrons. The Hall–Kier alpha value is -1.47. The third kappa shape index (κ3) is 3.01. The van der Waals surface area contributed by atoms with Crippen molar-refractivity contribution in [3.05, 3.63) is 64.2 Å². The van der Waals surface area contributed by atoms with Crippen molar-refractivity contribution in [3.8, 4) is 5.75 Å². The third-order valence-electron chi connectivity index (χ3n) is 2.73. The van der Waals surface area contributed by atoms with Gasteiger partial charge in [-0.15, -0.1) is 0 Å². The molecule has 2 heteroatoms. The van der Waals surface area contributed by atoms with Gasteiger partial charge in [0.15, 0.2) is 0 Å². The first-order chi connectivity index (χ1) is 8.16. The highest BCUT2D eigenvalue weighted by molar-refractivity contribution is 6.31. The van der Waals surface area contributed by atoms with Gasteiger partial charge >= 0.3 is 0 Å². The second kappa shape index (κ2) is 5.24. The van der Waals surface area contributed by atoms with Gasteiger partial charge < -0.3 is 4.74 Å². The van der Waals surface area contributed by atoms with Gasteiger partial charge in [0, 0.05) is 10.6 Å². The molecule has 0 aliphatic heterocycles. The average molecular weight is 247 g/mol. The first-order valence-electron chi connectivity index (χ1n) is 5.60. The zero-order valence-electron chi connectivity index (χ0n) is 10.0. The second-order valence-corrected chi connectivity index (χ2v) is 4.55. The van der Waals surface area contributed by atoms with E-state index in [1.54, 1.807) is 0 Å². The lowest BCUT2D eigenvalue weighted by atomic mass is 10.1. The van der Waals surface area contributed by atoms with Crippen LogP contribution in [0.5, 0.6) is 5.75 Å². The Morgan fingerprint density at radius 1 is 1.06 bits per heavy atom. The van der Waals surface area contributed by atoms with Crippen LogP contribution in [0.2, 0.25) is 5.02 Å². The number of halogens is 1. The smallest absolute Gasteiger partial charge is 0.120 e. The summed E-state index contributed by atoms with van der Waals surface area (Å²) in [5, 5.41) is 0.762. The van der Waals surface area contributed by atoms with Crippen LogP contribution in [0.4, 0.5) is 0 Å². The van der Waals surface area contributed by atoms with Gasteiger partial charge in [0.25, 0.3) is 0 Å². The lowest BCUT2D eigenvalue weighted by Crippen LogP contribution is -1.98. The van der Waals surface area contributed by atoms with Gasteiger partial charge in [-0.05, 0) is 43.2 Å². The maximum Gasteiger partial charge on any atom is 0.120 e. The maximum absolute atomic E-state index is 6.15. The summed E-state index contributed by atoms with van der Waals surface area (Å²) >= 11 is 6.15. The van der Waals surface area contributed by atoms with Crippen molar-refractivity contribution in [1.82, 2.24) is 0 Å². The summed E-state index contributed by atoms with van der Waals surface area (Å²) in [4.78, 5) is 0. The van der Waals surface area contributed by atoms with Gasteiger partial charge in [0.05, 0.1) is 0 Å². The summed E-state index contributed by atoms with van der Waals surface area (Å²) in [6, 6.07) is 13.9. The number of rotatable bonds is 3. The molecule has 0 saturated carbocycles. The summed E-state index contributed by atoms with van der Waals surface area (Å²) in [5.74, 6) is 0.879. The average Bonchev–Trinajstić information content (AvgIpc) is 2.28. The summed E-state index contributed by atoms with van der Waals surface area (Å²) in [6.45, 7) is 4.60. The van der Waals surface area contributed by atoms with Crippen LogP contribution in [0.15, 0.2) is 42.5 Å². The minimum Gasteiger partial charge on any atom is -0.489 e. The summed E-state index contributed by atoms with van der Waals surface area (Å²) in [7, 11) is 0. The third-order valence-corrected chi connectivity index (χ3v) is 3.08. The molecule has 0 heterocycles. The normalized spacial score (nSPS) is 10.3. The largest absolute Gasteiger partial charge is 0.489 e. The van der Waals surface area contributed by atoms with E-state index < -0.39 is 0 Å². The Kier molecular flexibility index (Phi) is 3.70. The first kappa shape index (κ1) is 12.0. The van der Waals surface area contributed by atoms with Gasteiger partial charge in [-0.25, -0.2) is 0 Å². The quantitative estimate of drug-likeness (QED) is 0.773. The van der Waals surface area contributed by atoms with Crippen LogP contribution in [0.1, 0.15) is 16.7 Å². The molecule has 0 unspecified atom stereocenters. The summed E-state index contributed by atoms with van der Waals surface area (Å²) < 4.78 is 5.75. The van der Waals surface area contributed by atoms with Gasteiger partial charge in [-0.3, -0.25) is 0 Å². The molecule has 0 aromatic heterocycles. The van der Waals surface area contributed by atoms with Crippen molar-refractivity contribution in [2.45, 2.75) is 20.5 Å². The van der Waals surface area contributed by atoms with E-state index in [-0.39, 0.29) is 0 Å². The van der Waals surface area contributed by atoms with Crippen molar-refractivity contribution in [1.29, 1.82) is 0 Å². The van der Waals surface area contributed by atoms with Gasteiger partial charge in [0.2, 0.25) is 0 Å². The second-order valence-electron chi connectivity index (χ2n) is 4.14. The highest BCUT2D eigenvalue weighted by Crippen LogP contribution is 2.22. The van der Waals surface area contributed by atoms with E-state index in [4.69, 9.17) is 16.3 Å². The molecule has 2 aromatic carbocycles. The molecule has 2 aromatic rings. The summed E-state index contributed by atoms with van der Waals surface area (Å²) in [6.07, 6.45) is 0. The molecule has 0 fully saturated rings. The molecule has 0 spiro atoms. The topological polar surface area (TPSA) is 9.23 Å². The number of aryl methyl sites for hydroxylation is 2. The molecule has 0 saturated heterocycles. The first-order valence-corrected chi connectivity index (χ1v) is 5.98. The van der Waals surface area contributed by atoms with E-state index in [2.05, 4.69) is 0 Å². The SMILES string of the molecule is Cc1cccc(OCc2c(C)cccc2Cl)c1. The molecule has 0 aliphatic carbocycles. The van der Waals surface area contributed by atoms with Crippen molar-refractivity contribution in [3.63, 3.8) is 0 Å².